The molecule has 2 rings (SSSR count). The molecule has 1 aliphatic carbocycles. The number of aromatic nitrogens is 1. The van der Waals surface area contributed by atoms with Gasteiger partial charge in [-0.2, -0.15) is 13.2 Å². The van der Waals surface area contributed by atoms with Crippen molar-refractivity contribution in [3.8, 4) is 0 Å². The zero-order valence-electron chi connectivity index (χ0n) is 11.0. The Hall–Kier alpha value is -1.46. The van der Waals surface area contributed by atoms with Crippen LogP contribution in [0.4, 0.5) is 24.8 Å². The van der Waals surface area contributed by atoms with Gasteiger partial charge in [-0.3, -0.25) is 0 Å². The van der Waals surface area contributed by atoms with E-state index in [9.17, 15) is 13.2 Å². The Bertz CT molecular complexity index is 441. The van der Waals surface area contributed by atoms with E-state index in [1.54, 1.807) is 0 Å². The maximum Gasteiger partial charge on any atom is 0.416 e. The van der Waals surface area contributed by atoms with Crippen LogP contribution in [0.2, 0.25) is 0 Å². The number of halogens is 3. The summed E-state index contributed by atoms with van der Waals surface area (Å²) in [6.45, 7) is 4.33. The van der Waals surface area contributed by atoms with E-state index in [0.29, 0.717) is 12.5 Å². The van der Waals surface area contributed by atoms with Crippen LogP contribution in [0.15, 0.2) is 12.1 Å². The quantitative estimate of drug-likeness (QED) is 0.858. The van der Waals surface area contributed by atoms with Crippen molar-refractivity contribution in [3.63, 3.8) is 0 Å². The fourth-order valence-corrected chi connectivity index (χ4v) is 1.99. The number of nitrogens with zero attached hydrogens (tertiary/aromatic N) is 1. The molecule has 0 radical (unpaired) electrons. The number of pyridine rings is 1. The maximum absolute atomic E-state index is 12.8. The molecule has 6 heteroatoms. The Labute approximate surface area is 110 Å². The lowest BCUT2D eigenvalue weighted by molar-refractivity contribution is -0.137. The summed E-state index contributed by atoms with van der Waals surface area (Å²) in [5, 5.41) is 5.89. The van der Waals surface area contributed by atoms with E-state index in [1.165, 1.54) is 0 Å². The predicted octanol–water partition coefficient (Wildman–Crippen LogP) is 3.74. The van der Waals surface area contributed by atoms with Gasteiger partial charge in [0.1, 0.15) is 11.6 Å². The van der Waals surface area contributed by atoms with E-state index in [1.807, 2.05) is 13.8 Å². The van der Waals surface area contributed by atoms with Crippen molar-refractivity contribution in [1.82, 2.24) is 4.98 Å². The molecular weight excluding hydrogens is 255 g/mol. The molecule has 1 aliphatic rings. The average molecular weight is 273 g/mol. The summed E-state index contributed by atoms with van der Waals surface area (Å²) in [7, 11) is 0. The minimum absolute atomic E-state index is 0.158. The Morgan fingerprint density at radius 3 is 2.47 bits per heavy atom. The van der Waals surface area contributed by atoms with Crippen LogP contribution < -0.4 is 10.6 Å². The van der Waals surface area contributed by atoms with Crippen molar-refractivity contribution in [1.29, 1.82) is 0 Å². The second-order valence-electron chi connectivity index (χ2n) is 4.92. The molecule has 0 bridgehead atoms. The third-order valence-corrected chi connectivity index (χ3v) is 3.22. The zero-order valence-corrected chi connectivity index (χ0v) is 11.0. The van der Waals surface area contributed by atoms with Gasteiger partial charge in [-0.15, -0.1) is 0 Å². The summed E-state index contributed by atoms with van der Waals surface area (Å²) in [5.41, 5.74) is -0.677. The molecule has 1 fully saturated rings. The first-order chi connectivity index (χ1) is 8.90. The molecule has 0 aliphatic heterocycles. The third-order valence-electron chi connectivity index (χ3n) is 3.22. The monoisotopic (exact) mass is 273 g/mol. The van der Waals surface area contributed by atoms with Crippen LogP contribution in [0.1, 0.15) is 32.3 Å². The van der Waals surface area contributed by atoms with E-state index in [4.69, 9.17) is 0 Å². The van der Waals surface area contributed by atoms with Crippen molar-refractivity contribution in [2.75, 3.05) is 17.2 Å². The molecule has 1 aromatic heterocycles. The molecule has 0 saturated heterocycles. The second kappa shape index (κ2) is 5.27. The van der Waals surface area contributed by atoms with Crippen molar-refractivity contribution in [2.24, 2.45) is 5.92 Å². The van der Waals surface area contributed by atoms with Crippen molar-refractivity contribution >= 4 is 11.6 Å². The topological polar surface area (TPSA) is 37.0 Å². The normalized spacial score (nSPS) is 17.1. The highest BCUT2D eigenvalue weighted by Gasteiger charge is 2.32. The van der Waals surface area contributed by atoms with E-state index in [2.05, 4.69) is 15.6 Å². The van der Waals surface area contributed by atoms with Gasteiger partial charge in [0.05, 0.1) is 5.56 Å². The van der Waals surface area contributed by atoms with Gasteiger partial charge in [-0.05, 0) is 44.7 Å². The third kappa shape index (κ3) is 3.75. The standard InChI is InChI=1S/C13H18F3N3/c1-3-17-11-6-10(13(14,15)16)7-12(19-11)18-8(2)9-4-5-9/h6-9H,3-5H2,1-2H3,(H2,17,18,19). The molecule has 0 spiro atoms. The highest BCUT2D eigenvalue weighted by Crippen LogP contribution is 2.35. The lowest BCUT2D eigenvalue weighted by atomic mass is 10.2. The fraction of sp³-hybridized carbons (Fsp3) is 0.615. The molecule has 0 amide bonds. The number of anilines is 2. The molecule has 3 nitrogen and oxygen atoms in total. The fourth-order valence-electron chi connectivity index (χ4n) is 1.99. The Kier molecular flexibility index (Phi) is 3.87. The van der Waals surface area contributed by atoms with Gasteiger partial charge < -0.3 is 10.6 Å². The Morgan fingerprint density at radius 1 is 1.32 bits per heavy atom. The van der Waals surface area contributed by atoms with E-state index in [-0.39, 0.29) is 17.7 Å². The van der Waals surface area contributed by atoms with E-state index < -0.39 is 11.7 Å². The summed E-state index contributed by atoms with van der Waals surface area (Å²) in [4.78, 5) is 4.16. The summed E-state index contributed by atoms with van der Waals surface area (Å²) in [6.07, 6.45) is -2.09. The van der Waals surface area contributed by atoms with Crippen molar-refractivity contribution in [2.45, 2.75) is 38.9 Å². The SMILES string of the molecule is CCNc1cc(C(F)(F)F)cc(NC(C)C2CC2)n1. The number of hydrogen-bond acceptors (Lipinski definition) is 3. The van der Waals surface area contributed by atoms with Gasteiger partial charge in [0.15, 0.2) is 0 Å². The van der Waals surface area contributed by atoms with Crippen LogP contribution in [-0.2, 0) is 6.18 Å². The van der Waals surface area contributed by atoms with Gasteiger partial charge in [-0.1, -0.05) is 0 Å². The second-order valence-corrected chi connectivity index (χ2v) is 4.92. The van der Waals surface area contributed by atoms with Gasteiger partial charge in [0.2, 0.25) is 0 Å². The number of nitrogens with one attached hydrogen (secondary N) is 2. The lowest BCUT2D eigenvalue weighted by Gasteiger charge is -2.17. The molecule has 0 aromatic carbocycles. The van der Waals surface area contributed by atoms with Crippen LogP contribution in [0.3, 0.4) is 0 Å². The zero-order chi connectivity index (χ0) is 14.0. The largest absolute Gasteiger partial charge is 0.416 e. The summed E-state index contributed by atoms with van der Waals surface area (Å²) >= 11 is 0. The first-order valence-electron chi connectivity index (χ1n) is 6.50. The molecule has 1 aromatic rings. The highest BCUT2D eigenvalue weighted by molar-refractivity contribution is 5.50. The Morgan fingerprint density at radius 2 is 1.95 bits per heavy atom. The molecule has 2 N–H and O–H groups in total. The van der Waals surface area contributed by atoms with Crippen LogP contribution in [-0.4, -0.2) is 17.6 Å². The number of alkyl halides is 3. The van der Waals surface area contributed by atoms with Crippen LogP contribution in [0.5, 0.6) is 0 Å². The van der Waals surface area contributed by atoms with Crippen LogP contribution in [0, 0.1) is 5.92 Å². The smallest absolute Gasteiger partial charge is 0.370 e. The molecule has 1 unspecified atom stereocenters. The van der Waals surface area contributed by atoms with Crippen molar-refractivity contribution < 1.29 is 13.2 Å². The first-order valence-corrected chi connectivity index (χ1v) is 6.50. The van der Waals surface area contributed by atoms with Gasteiger partial charge in [-0.25, -0.2) is 4.98 Å². The molecule has 1 atom stereocenters. The molecule has 19 heavy (non-hydrogen) atoms. The number of rotatable bonds is 5. The van der Waals surface area contributed by atoms with Crippen LogP contribution >= 0.6 is 0 Å². The summed E-state index contributed by atoms with van der Waals surface area (Å²) in [6, 6.07) is 2.27. The minimum Gasteiger partial charge on any atom is -0.370 e. The maximum atomic E-state index is 12.8. The van der Waals surface area contributed by atoms with Crippen LogP contribution in [0.25, 0.3) is 0 Å². The van der Waals surface area contributed by atoms with Gasteiger partial charge in [0, 0.05) is 12.6 Å². The molecular formula is C13H18F3N3. The minimum atomic E-state index is -4.35. The first kappa shape index (κ1) is 14.0. The molecule has 106 valence electrons. The van der Waals surface area contributed by atoms with Gasteiger partial charge >= 0.3 is 6.18 Å². The Balaban J connectivity index is 2.22. The number of hydrogen-bond donors (Lipinski definition) is 2. The van der Waals surface area contributed by atoms with Gasteiger partial charge in [0.25, 0.3) is 0 Å². The van der Waals surface area contributed by atoms with E-state index in [0.717, 1.165) is 25.0 Å². The molecule has 1 saturated carbocycles. The summed E-state index contributed by atoms with van der Waals surface area (Å²) in [5.74, 6) is 1.09. The molecule has 1 heterocycles. The average Bonchev–Trinajstić information content (AvgIpc) is 3.11. The predicted molar refractivity (Wildman–Crippen MR) is 69.2 cm³/mol. The lowest BCUT2D eigenvalue weighted by Crippen LogP contribution is -2.19. The summed E-state index contributed by atoms with van der Waals surface area (Å²) < 4.78 is 38.4. The highest BCUT2D eigenvalue weighted by atomic mass is 19.4. The van der Waals surface area contributed by atoms with E-state index >= 15 is 0 Å². The van der Waals surface area contributed by atoms with Crippen molar-refractivity contribution in [3.05, 3.63) is 17.7 Å².